The molecular weight excluding hydrogens is 236 g/mol. The molecule has 1 aliphatic heterocycles. The van der Waals surface area contributed by atoms with Gasteiger partial charge >= 0.3 is 0 Å². The van der Waals surface area contributed by atoms with Crippen molar-refractivity contribution < 1.29 is 9.00 Å². The van der Waals surface area contributed by atoms with Crippen molar-refractivity contribution in [1.29, 1.82) is 0 Å². The van der Waals surface area contributed by atoms with E-state index in [1.54, 1.807) is 6.92 Å². The molecule has 1 saturated heterocycles. The molecule has 1 heterocycles. The molecule has 5 heteroatoms. The van der Waals surface area contributed by atoms with E-state index in [-0.39, 0.29) is 11.9 Å². The lowest BCUT2D eigenvalue weighted by atomic mass is 10.1. The third kappa shape index (κ3) is 4.39. The Bertz CT molecular complexity index is 276. The Morgan fingerprint density at radius 2 is 2.00 bits per heavy atom. The van der Waals surface area contributed by atoms with Crippen molar-refractivity contribution in [2.75, 3.05) is 18.8 Å². The van der Waals surface area contributed by atoms with Crippen LogP contribution in [0.2, 0.25) is 0 Å². The first-order valence-electron chi connectivity index (χ1n) is 6.46. The molecule has 0 saturated carbocycles. The molecule has 2 N–H and O–H groups in total. The molecule has 0 aromatic heterocycles. The minimum Gasteiger partial charge on any atom is -0.352 e. The van der Waals surface area contributed by atoms with Gasteiger partial charge in [-0.3, -0.25) is 9.00 Å². The van der Waals surface area contributed by atoms with Crippen LogP contribution >= 0.6 is 0 Å². The molecule has 17 heavy (non-hydrogen) atoms. The Kier molecular flexibility index (Phi) is 6.12. The summed E-state index contributed by atoms with van der Waals surface area (Å²) in [5.74, 6) is 1.06. The van der Waals surface area contributed by atoms with Crippen molar-refractivity contribution in [1.82, 2.24) is 10.6 Å². The van der Waals surface area contributed by atoms with Crippen molar-refractivity contribution in [3.05, 3.63) is 0 Å². The average molecular weight is 260 g/mol. The summed E-state index contributed by atoms with van der Waals surface area (Å²) in [6.07, 6.45) is 1.85. The highest BCUT2D eigenvalue weighted by Crippen LogP contribution is 2.09. The summed E-state index contributed by atoms with van der Waals surface area (Å²) in [6, 6.07) is 0.215. The summed E-state index contributed by atoms with van der Waals surface area (Å²) in [6.45, 7) is 7.74. The van der Waals surface area contributed by atoms with Crippen LogP contribution in [-0.2, 0) is 15.6 Å². The maximum Gasteiger partial charge on any atom is 0.235 e. The van der Waals surface area contributed by atoms with Gasteiger partial charge in [0.25, 0.3) is 0 Å². The van der Waals surface area contributed by atoms with E-state index in [1.807, 2.05) is 0 Å². The second-order valence-corrected chi connectivity index (χ2v) is 6.54. The van der Waals surface area contributed by atoms with Gasteiger partial charge in [0.2, 0.25) is 5.91 Å². The fourth-order valence-corrected chi connectivity index (χ4v) is 3.07. The number of carbonyl (C=O) groups excluding carboxylic acids is 1. The molecule has 100 valence electrons. The summed E-state index contributed by atoms with van der Waals surface area (Å²) >= 11 is 0. The smallest absolute Gasteiger partial charge is 0.235 e. The van der Waals surface area contributed by atoms with Crippen LogP contribution in [0.15, 0.2) is 0 Å². The molecule has 0 aromatic carbocycles. The van der Waals surface area contributed by atoms with Gasteiger partial charge in [-0.15, -0.1) is 0 Å². The van der Waals surface area contributed by atoms with Crippen LogP contribution in [-0.4, -0.2) is 40.3 Å². The van der Waals surface area contributed by atoms with E-state index >= 15 is 0 Å². The van der Waals surface area contributed by atoms with Gasteiger partial charge in [0, 0.05) is 35.7 Å². The van der Waals surface area contributed by atoms with Gasteiger partial charge in [-0.25, -0.2) is 0 Å². The average Bonchev–Trinajstić information content (AvgIpc) is 2.29. The lowest BCUT2D eigenvalue weighted by Crippen LogP contribution is -2.47. The third-order valence-corrected chi connectivity index (χ3v) is 5.16. The highest BCUT2D eigenvalue weighted by molar-refractivity contribution is 7.86. The maximum atomic E-state index is 12.0. The molecule has 0 radical (unpaired) electrons. The van der Waals surface area contributed by atoms with Gasteiger partial charge < -0.3 is 10.6 Å². The van der Waals surface area contributed by atoms with Crippen LogP contribution in [0.3, 0.4) is 0 Å². The van der Waals surface area contributed by atoms with Crippen molar-refractivity contribution in [2.45, 2.75) is 44.9 Å². The second kappa shape index (κ2) is 7.11. The maximum absolute atomic E-state index is 12.0. The summed E-state index contributed by atoms with van der Waals surface area (Å²) in [5, 5.41) is 5.72. The first-order chi connectivity index (χ1) is 8.08. The van der Waals surface area contributed by atoms with Crippen molar-refractivity contribution >= 4 is 16.7 Å². The molecule has 0 bridgehead atoms. The first kappa shape index (κ1) is 14.6. The molecule has 2 atom stereocenters. The third-order valence-electron chi connectivity index (χ3n) is 3.36. The lowest BCUT2D eigenvalue weighted by Gasteiger charge is -2.27. The van der Waals surface area contributed by atoms with Crippen LogP contribution in [0.4, 0.5) is 0 Å². The van der Waals surface area contributed by atoms with Crippen molar-refractivity contribution in [3.8, 4) is 0 Å². The highest BCUT2D eigenvalue weighted by Gasteiger charge is 2.26. The Balaban J connectivity index is 2.36. The number of nitrogens with one attached hydrogen (secondary N) is 2. The molecule has 1 aliphatic rings. The van der Waals surface area contributed by atoms with E-state index in [4.69, 9.17) is 0 Å². The van der Waals surface area contributed by atoms with Gasteiger partial charge in [-0.2, -0.15) is 0 Å². The summed E-state index contributed by atoms with van der Waals surface area (Å²) in [5.41, 5.74) is 0. The molecule has 2 unspecified atom stereocenters. The van der Waals surface area contributed by atoms with E-state index in [9.17, 15) is 9.00 Å². The van der Waals surface area contributed by atoms with Crippen LogP contribution in [0.5, 0.6) is 0 Å². The van der Waals surface area contributed by atoms with Gasteiger partial charge in [0.1, 0.15) is 5.25 Å². The number of hydrogen-bond acceptors (Lipinski definition) is 3. The zero-order valence-electron chi connectivity index (χ0n) is 11.0. The van der Waals surface area contributed by atoms with E-state index < -0.39 is 16.0 Å². The molecule has 1 rings (SSSR count). The van der Waals surface area contributed by atoms with Gasteiger partial charge in [0.05, 0.1) is 0 Å². The van der Waals surface area contributed by atoms with E-state index in [0.29, 0.717) is 11.7 Å². The number of rotatable bonds is 7. The predicted octanol–water partition coefficient (Wildman–Crippen LogP) is 0.648. The Hall–Kier alpha value is -0.420. The summed E-state index contributed by atoms with van der Waals surface area (Å²) in [7, 11) is -1.05. The molecule has 0 aromatic rings. The second-order valence-electron chi connectivity index (χ2n) is 4.74. The number of amides is 1. The molecule has 0 aliphatic carbocycles. The highest BCUT2D eigenvalue weighted by atomic mass is 32.2. The van der Waals surface area contributed by atoms with Crippen molar-refractivity contribution in [2.24, 2.45) is 5.92 Å². The topological polar surface area (TPSA) is 58.2 Å². The molecule has 4 nitrogen and oxygen atoms in total. The number of carbonyl (C=O) groups is 1. The van der Waals surface area contributed by atoms with Crippen LogP contribution in [0.1, 0.15) is 33.6 Å². The van der Waals surface area contributed by atoms with Crippen LogP contribution in [0.25, 0.3) is 0 Å². The fourth-order valence-electron chi connectivity index (χ4n) is 1.77. The van der Waals surface area contributed by atoms with Gasteiger partial charge in [0.15, 0.2) is 0 Å². The molecule has 0 spiro atoms. The normalized spacial score (nSPS) is 19.8. The molecule has 1 fully saturated rings. The summed E-state index contributed by atoms with van der Waals surface area (Å²) < 4.78 is 12.0. The summed E-state index contributed by atoms with van der Waals surface area (Å²) in [4.78, 5) is 11.9. The quantitative estimate of drug-likeness (QED) is 0.706. The van der Waals surface area contributed by atoms with Gasteiger partial charge in [-0.1, -0.05) is 13.8 Å². The molecule has 1 amide bonds. The van der Waals surface area contributed by atoms with Gasteiger partial charge in [-0.05, 0) is 25.7 Å². The van der Waals surface area contributed by atoms with Crippen LogP contribution < -0.4 is 10.6 Å². The Labute approximate surface area is 106 Å². The van der Waals surface area contributed by atoms with E-state index in [0.717, 1.165) is 25.9 Å². The van der Waals surface area contributed by atoms with E-state index in [1.165, 1.54) is 0 Å². The predicted molar refractivity (Wildman–Crippen MR) is 71.3 cm³/mol. The monoisotopic (exact) mass is 260 g/mol. The number of hydrogen-bond donors (Lipinski definition) is 2. The minimum atomic E-state index is -1.05. The SMILES string of the molecule is CCC(CC)NC(=O)C(C)S(=O)CC1CNC1. The Morgan fingerprint density at radius 3 is 2.41 bits per heavy atom. The van der Waals surface area contributed by atoms with Crippen LogP contribution in [0, 0.1) is 5.92 Å². The van der Waals surface area contributed by atoms with Crippen molar-refractivity contribution in [3.63, 3.8) is 0 Å². The standard InChI is InChI=1S/C12H24N2O2S/c1-4-11(5-2)14-12(15)9(3)17(16)8-10-6-13-7-10/h9-11,13H,4-8H2,1-3H3,(H,14,15). The minimum absolute atomic E-state index is 0.0654. The lowest BCUT2D eigenvalue weighted by molar-refractivity contribution is -0.121. The zero-order valence-corrected chi connectivity index (χ0v) is 11.8. The largest absolute Gasteiger partial charge is 0.352 e. The Morgan fingerprint density at radius 1 is 1.41 bits per heavy atom. The van der Waals surface area contributed by atoms with E-state index in [2.05, 4.69) is 24.5 Å². The first-order valence-corrected chi connectivity index (χ1v) is 7.84. The fraction of sp³-hybridized carbons (Fsp3) is 0.917. The zero-order chi connectivity index (χ0) is 12.8. The molecular formula is C12H24N2O2S.